The molecule has 1 aliphatic rings. The average Bonchev–Trinajstić information content (AvgIpc) is 2.82. The molecule has 1 aliphatic heterocycles. The monoisotopic (exact) mass is 504 g/mol. The summed E-state index contributed by atoms with van der Waals surface area (Å²) < 4.78 is 20.1. The molecule has 178 valence electrons. The summed E-state index contributed by atoms with van der Waals surface area (Å²) in [6.07, 6.45) is 0.770. The summed E-state index contributed by atoms with van der Waals surface area (Å²) in [5.41, 5.74) is 1.05. The van der Waals surface area contributed by atoms with E-state index in [1.165, 1.54) is 36.3 Å². The van der Waals surface area contributed by atoms with Crippen molar-refractivity contribution in [3.05, 3.63) is 64.5 Å². The van der Waals surface area contributed by atoms with Gasteiger partial charge in [0, 0.05) is 56.2 Å². The molecule has 11 heteroatoms. The fourth-order valence-electron chi connectivity index (χ4n) is 3.43. The van der Waals surface area contributed by atoms with Gasteiger partial charge in [0.25, 0.3) is 0 Å². The largest absolute Gasteiger partial charge is 0.420 e. The van der Waals surface area contributed by atoms with E-state index < -0.39 is 6.09 Å². The first-order chi connectivity index (χ1) is 16.3. The molecular weight excluding hydrogens is 482 g/mol. The minimum atomic E-state index is -0.712. The summed E-state index contributed by atoms with van der Waals surface area (Å²) in [5, 5.41) is 3.61. The maximum Gasteiger partial charge on any atom is 0.420 e. The van der Waals surface area contributed by atoms with Crippen molar-refractivity contribution in [2.24, 2.45) is 0 Å². The zero-order valence-corrected chi connectivity index (χ0v) is 20.1. The van der Waals surface area contributed by atoms with Crippen molar-refractivity contribution in [3.63, 3.8) is 0 Å². The number of amides is 1. The molecule has 1 saturated heterocycles. The number of nitrogens with zero attached hydrogens (tertiary/aromatic N) is 5. The smallest absolute Gasteiger partial charge is 0.408 e. The predicted molar refractivity (Wildman–Crippen MR) is 132 cm³/mol. The van der Waals surface area contributed by atoms with E-state index in [-0.39, 0.29) is 28.4 Å². The molecule has 0 atom stereocenters. The fourth-order valence-corrected chi connectivity index (χ4v) is 3.74. The van der Waals surface area contributed by atoms with Gasteiger partial charge in [-0.2, -0.15) is 4.98 Å². The third-order valence-electron chi connectivity index (χ3n) is 5.40. The topological polar surface area (TPSA) is 73.8 Å². The average molecular weight is 505 g/mol. The van der Waals surface area contributed by atoms with Crippen LogP contribution in [0.15, 0.2) is 48.7 Å². The van der Waals surface area contributed by atoms with Crippen LogP contribution in [-0.4, -0.2) is 61.2 Å². The third-order valence-corrected chi connectivity index (χ3v) is 5.94. The van der Waals surface area contributed by atoms with E-state index in [0.717, 1.165) is 26.2 Å². The van der Waals surface area contributed by atoms with Gasteiger partial charge in [-0.3, -0.25) is 4.90 Å². The van der Waals surface area contributed by atoms with Crippen molar-refractivity contribution < 1.29 is 13.9 Å². The summed E-state index contributed by atoms with van der Waals surface area (Å²) in [4.78, 5) is 26.5. The molecule has 1 N–H and O–H groups in total. The Morgan fingerprint density at radius 2 is 1.88 bits per heavy atom. The van der Waals surface area contributed by atoms with Gasteiger partial charge in [0.2, 0.25) is 5.95 Å². The third kappa shape index (κ3) is 5.67. The van der Waals surface area contributed by atoms with Gasteiger partial charge in [-0.15, -0.1) is 0 Å². The highest BCUT2D eigenvalue weighted by Gasteiger charge is 2.19. The first-order valence-corrected chi connectivity index (χ1v) is 11.3. The summed E-state index contributed by atoms with van der Waals surface area (Å²) in [7, 11) is 3.55. The van der Waals surface area contributed by atoms with Gasteiger partial charge in [0.15, 0.2) is 5.75 Å². The summed E-state index contributed by atoms with van der Waals surface area (Å²) in [6, 6.07) is 11.0. The van der Waals surface area contributed by atoms with E-state index in [4.69, 9.17) is 27.9 Å². The summed E-state index contributed by atoms with van der Waals surface area (Å²) >= 11 is 12.0. The van der Waals surface area contributed by atoms with Gasteiger partial charge in [0.1, 0.15) is 11.6 Å². The molecule has 8 nitrogen and oxygen atoms in total. The molecule has 0 bridgehead atoms. The fraction of sp³-hybridized carbons (Fsp3) is 0.261. The number of piperazine rings is 1. The van der Waals surface area contributed by atoms with Crippen LogP contribution in [0.2, 0.25) is 10.0 Å². The van der Waals surface area contributed by atoms with Crippen LogP contribution in [0.25, 0.3) is 0 Å². The van der Waals surface area contributed by atoms with Crippen LogP contribution in [0.1, 0.15) is 0 Å². The second-order valence-electron chi connectivity index (χ2n) is 7.82. The van der Waals surface area contributed by atoms with Gasteiger partial charge >= 0.3 is 6.09 Å². The molecule has 4 rings (SSSR count). The molecule has 3 aromatic rings. The Balaban J connectivity index is 1.44. The summed E-state index contributed by atoms with van der Waals surface area (Å²) in [5.74, 6) is 0.277. The molecular formula is C23H23Cl2FN6O2. The van der Waals surface area contributed by atoms with Crippen LogP contribution in [0, 0.1) is 5.82 Å². The number of nitrogens with one attached hydrogen (secondary N) is 1. The van der Waals surface area contributed by atoms with E-state index in [2.05, 4.69) is 27.2 Å². The number of hydrogen-bond donors (Lipinski definition) is 1. The molecule has 0 saturated carbocycles. The number of rotatable bonds is 5. The molecule has 0 spiro atoms. The molecule has 1 fully saturated rings. The van der Waals surface area contributed by atoms with Gasteiger partial charge in [-0.05, 0) is 43.4 Å². The molecule has 0 unspecified atom stereocenters. The van der Waals surface area contributed by atoms with Crippen molar-refractivity contribution in [3.8, 4) is 5.75 Å². The number of aromatic nitrogens is 2. The maximum atomic E-state index is 14.8. The highest BCUT2D eigenvalue weighted by atomic mass is 35.5. The second-order valence-corrected chi connectivity index (χ2v) is 8.67. The van der Waals surface area contributed by atoms with E-state index >= 15 is 0 Å². The zero-order valence-electron chi connectivity index (χ0n) is 18.6. The number of likely N-dealkylation sites (N-methyl/N-ethyl adjacent to an activating group) is 1. The van der Waals surface area contributed by atoms with Crippen molar-refractivity contribution in [2.75, 3.05) is 55.4 Å². The Hall–Kier alpha value is -3.14. The second kappa shape index (κ2) is 10.4. The predicted octanol–water partition coefficient (Wildman–Crippen LogP) is 5.05. The standard InChI is InChI=1S/C23H23Cl2FN6O2/c1-30-9-11-32(12-10-30)19-6-4-16(14-18(19)26)28-22-27-8-7-21(29-22)31(2)23(33)34-20-13-15(24)3-5-17(20)25/h3-8,13-14H,9-12H2,1-2H3,(H,27,28,29). The Morgan fingerprint density at radius 1 is 1.12 bits per heavy atom. The number of carbonyl (C=O) groups is 1. The number of hydrogen-bond acceptors (Lipinski definition) is 7. The van der Waals surface area contributed by atoms with Gasteiger partial charge < -0.3 is 19.9 Å². The maximum absolute atomic E-state index is 14.8. The number of halogens is 3. The van der Waals surface area contributed by atoms with Gasteiger partial charge in [0.05, 0.1) is 10.7 Å². The lowest BCUT2D eigenvalue weighted by molar-refractivity contribution is 0.209. The Morgan fingerprint density at radius 3 is 2.62 bits per heavy atom. The normalized spacial score (nSPS) is 14.1. The molecule has 1 aromatic heterocycles. The van der Waals surface area contributed by atoms with Crippen molar-refractivity contribution in [1.29, 1.82) is 0 Å². The van der Waals surface area contributed by atoms with Crippen LogP contribution in [0.3, 0.4) is 0 Å². The zero-order chi connectivity index (χ0) is 24.2. The quantitative estimate of drug-likeness (QED) is 0.520. The van der Waals surface area contributed by atoms with E-state index in [9.17, 15) is 9.18 Å². The first-order valence-electron chi connectivity index (χ1n) is 10.5. The molecule has 2 heterocycles. The minimum Gasteiger partial charge on any atom is -0.408 e. The molecule has 2 aromatic carbocycles. The van der Waals surface area contributed by atoms with Crippen LogP contribution < -0.4 is 19.9 Å². The number of carbonyl (C=O) groups excluding carboxylic acids is 1. The lowest BCUT2D eigenvalue weighted by atomic mass is 10.2. The molecule has 1 amide bonds. The van der Waals surface area contributed by atoms with E-state index in [0.29, 0.717) is 16.4 Å². The van der Waals surface area contributed by atoms with Crippen LogP contribution >= 0.6 is 23.2 Å². The van der Waals surface area contributed by atoms with Crippen LogP contribution in [0.5, 0.6) is 5.75 Å². The Labute approximate surface area is 206 Å². The van der Waals surface area contributed by atoms with E-state index in [1.807, 2.05) is 4.90 Å². The summed E-state index contributed by atoms with van der Waals surface area (Å²) in [6.45, 7) is 3.32. The van der Waals surface area contributed by atoms with Crippen LogP contribution in [-0.2, 0) is 0 Å². The SMILES string of the molecule is CN1CCN(c2ccc(Nc3nccc(N(C)C(=O)Oc4cc(Cl)ccc4Cl)n3)cc2F)CC1. The van der Waals surface area contributed by atoms with E-state index in [1.54, 1.807) is 24.3 Å². The van der Waals surface area contributed by atoms with Gasteiger partial charge in [-0.25, -0.2) is 14.2 Å². The first kappa shape index (κ1) is 24.0. The van der Waals surface area contributed by atoms with Crippen molar-refractivity contribution in [1.82, 2.24) is 14.9 Å². The Kier molecular flexibility index (Phi) is 7.35. The highest BCUT2D eigenvalue weighted by Crippen LogP contribution is 2.29. The Bertz CT molecular complexity index is 1190. The molecule has 0 aliphatic carbocycles. The number of anilines is 4. The van der Waals surface area contributed by atoms with Gasteiger partial charge in [-0.1, -0.05) is 23.2 Å². The molecule has 34 heavy (non-hydrogen) atoms. The van der Waals surface area contributed by atoms with Crippen LogP contribution in [0.4, 0.5) is 32.3 Å². The van der Waals surface area contributed by atoms with Crippen molar-refractivity contribution in [2.45, 2.75) is 0 Å². The lowest BCUT2D eigenvalue weighted by Crippen LogP contribution is -2.44. The number of ether oxygens (including phenoxy) is 1. The number of benzene rings is 2. The minimum absolute atomic E-state index is 0.134. The van der Waals surface area contributed by atoms with Crippen molar-refractivity contribution >= 4 is 52.4 Å². The molecule has 0 radical (unpaired) electrons. The highest BCUT2D eigenvalue weighted by molar-refractivity contribution is 6.34. The lowest BCUT2D eigenvalue weighted by Gasteiger charge is -2.34.